The highest BCUT2D eigenvalue weighted by molar-refractivity contribution is 5.94. The lowest BCUT2D eigenvalue weighted by atomic mass is 10.2. The molecule has 0 unspecified atom stereocenters. The zero-order valence-corrected chi connectivity index (χ0v) is 12.4. The first-order chi connectivity index (χ1) is 10.8. The summed E-state index contributed by atoms with van der Waals surface area (Å²) in [6.45, 7) is 3.30. The highest BCUT2D eigenvalue weighted by Crippen LogP contribution is 2.14. The standard InChI is InChI=1S/C16H19N5O/c17-12-14-11-13(4-6-18-14)16(22)21-9-7-20(8-10-21)15-3-1-2-5-19-15/h1-6,11H,7-10,12,17H2. The van der Waals surface area contributed by atoms with E-state index in [0.717, 1.165) is 24.6 Å². The number of amides is 1. The van der Waals surface area contributed by atoms with Crippen molar-refractivity contribution < 1.29 is 4.79 Å². The molecule has 1 aliphatic rings. The summed E-state index contributed by atoms with van der Waals surface area (Å²) >= 11 is 0. The normalized spacial score (nSPS) is 15.0. The molecule has 1 amide bonds. The Labute approximate surface area is 129 Å². The Kier molecular flexibility index (Phi) is 4.29. The molecular weight excluding hydrogens is 278 g/mol. The van der Waals surface area contributed by atoms with Crippen LogP contribution in [-0.2, 0) is 6.54 Å². The molecular formula is C16H19N5O. The van der Waals surface area contributed by atoms with E-state index in [1.807, 2.05) is 23.1 Å². The quantitative estimate of drug-likeness (QED) is 0.911. The SMILES string of the molecule is NCc1cc(C(=O)N2CCN(c3ccccn3)CC2)ccn1. The van der Waals surface area contributed by atoms with Gasteiger partial charge in [-0.1, -0.05) is 6.07 Å². The molecule has 114 valence electrons. The highest BCUT2D eigenvalue weighted by Gasteiger charge is 2.22. The zero-order chi connectivity index (χ0) is 15.4. The largest absolute Gasteiger partial charge is 0.353 e. The van der Waals surface area contributed by atoms with Crippen molar-refractivity contribution in [1.29, 1.82) is 0 Å². The van der Waals surface area contributed by atoms with Crippen LogP contribution in [0, 0.1) is 0 Å². The second kappa shape index (κ2) is 6.53. The molecule has 0 bridgehead atoms. The molecule has 0 radical (unpaired) electrons. The van der Waals surface area contributed by atoms with E-state index in [4.69, 9.17) is 5.73 Å². The van der Waals surface area contributed by atoms with Crippen LogP contribution in [0.25, 0.3) is 0 Å². The molecule has 22 heavy (non-hydrogen) atoms. The molecule has 6 nitrogen and oxygen atoms in total. The van der Waals surface area contributed by atoms with Crippen molar-refractivity contribution in [2.45, 2.75) is 6.54 Å². The summed E-state index contributed by atoms with van der Waals surface area (Å²) < 4.78 is 0. The number of hydrogen-bond acceptors (Lipinski definition) is 5. The predicted octanol–water partition coefficient (Wildman–Crippen LogP) is 0.898. The van der Waals surface area contributed by atoms with Gasteiger partial charge in [-0.05, 0) is 24.3 Å². The lowest BCUT2D eigenvalue weighted by Crippen LogP contribution is -2.49. The topological polar surface area (TPSA) is 75.4 Å². The minimum Gasteiger partial charge on any atom is -0.353 e. The monoisotopic (exact) mass is 297 g/mol. The van der Waals surface area contributed by atoms with E-state index in [2.05, 4.69) is 14.9 Å². The Morgan fingerprint density at radius 3 is 2.59 bits per heavy atom. The number of piperazine rings is 1. The van der Waals surface area contributed by atoms with E-state index in [1.165, 1.54) is 0 Å². The van der Waals surface area contributed by atoms with Gasteiger partial charge in [0.05, 0.1) is 5.69 Å². The van der Waals surface area contributed by atoms with Gasteiger partial charge in [0.1, 0.15) is 5.82 Å². The number of carbonyl (C=O) groups excluding carboxylic acids is 1. The lowest BCUT2D eigenvalue weighted by Gasteiger charge is -2.35. The molecule has 6 heteroatoms. The van der Waals surface area contributed by atoms with Gasteiger partial charge in [-0.15, -0.1) is 0 Å². The van der Waals surface area contributed by atoms with E-state index >= 15 is 0 Å². The maximum atomic E-state index is 12.5. The number of aromatic nitrogens is 2. The lowest BCUT2D eigenvalue weighted by molar-refractivity contribution is 0.0746. The van der Waals surface area contributed by atoms with Crippen LogP contribution in [0.15, 0.2) is 42.7 Å². The first-order valence-corrected chi connectivity index (χ1v) is 7.38. The minimum absolute atomic E-state index is 0.0396. The van der Waals surface area contributed by atoms with Crippen molar-refractivity contribution in [2.24, 2.45) is 5.73 Å². The summed E-state index contributed by atoms with van der Waals surface area (Å²) in [5.41, 5.74) is 6.97. The van der Waals surface area contributed by atoms with Crippen LogP contribution < -0.4 is 10.6 Å². The van der Waals surface area contributed by atoms with Crippen LogP contribution in [-0.4, -0.2) is 47.0 Å². The van der Waals surface area contributed by atoms with Gasteiger partial charge in [0.15, 0.2) is 0 Å². The first-order valence-electron chi connectivity index (χ1n) is 7.38. The molecule has 1 fully saturated rings. The van der Waals surface area contributed by atoms with Crippen molar-refractivity contribution in [3.05, 3.63) is 54.0 Å². The van der Waals surface area contributed by atoms with Crippen LogP contribution in [0.3, 0.4) is 0 Å². The molecule has 1 aliphatic heterocycles. The number of hydrogen-bond donors (Lipinski definition) is 1. The Balaban J connectivity index is 1.64. The molecule has 0 aromatic carbocycles. The third kappa shape index (κ3) is 3.07. The molecule has 0 spiro atoms. The Morgan fingerprint density at radius 2 is 1.91 bits per heavy atom. The fourth-order valence-corrected chi connectivity index (χ4v) is 2.58. The number of anilines is 1. The second-order valence-corrected chi connectivity index (χ2v) is 5.21. The van der Waals surface area contributed by atoms with E-state index in [-0.39, 0.29) is 5.91 Å². The number of rotatable bonds is 3. The van der Waals surface area contributed by atoms with Gasteiger partial charge >= 0.3 is 0 Å². The molecule has 2 aromatic rings. The van der Waals surface area contributed by atoms with Gasteiger partial charge in [0.2, 0.25) is 0 Å². The molecule has 0 aliphatic carbocycles. The van der Waals surface area contributed by atoms with Crippen molar-refractivity contribution in [1.82, 2.24) is 14.9 Å². The highest BCUT2D eigenvalue weighted by atomic mass is 16.2. The Morgan fingerprint density at radius 1 is 1.09 bits per heavy atom. The predicted molar refractivity (Wildman–Crippen MR) is 84.5 cm³/mol. The third-order valence-corrected chi connectivity index (χ3v) is 3.81. The maximum Gasteiger partial charge on any atom is 0.254 e. The molecule has 1 saturated heterocycles. The van der Waals surface area contributed by atoms with Crippen molar-refractivity contribution in [3.8, 4) is 0 Å². The van der Waals surface area contributed by atoms with Crippen LogP contribution in [0.2, 0.25) is 0 Å². The average Bonchev–Trinajstić information content (AvgIpc) is 2.62. The summed E-state index contributed by atoms with van der Waals surface area (Å²) in [6, 6.07) is 9.39. The van der Waals surface area contributed by atoms with Crippen LogP contribution in [0.1, 0.15) is 16.1 Å². The van der Waals surface area contributed by atoms with E-state index in [0.29, 0.717) is 25.2 Å². The fourth-order valence-electron chi connectivity index (χ4n) is 2.58. The van der Waals surface area contributed by atoms with Gasteiger partial charge in [-0.2, -0.15) is 0 Å². The van der Waals surface area contributed by atoms with Gasteiger partial charge in [0, 0.05) is 50.7 Å². The molecule has 0 atom stereocenters. The van der Waals surface area contributed by atoms with Crippen molar-refractivity contribution in [2.75, 3.05) is 31.1 Å². The van der Waals surface area contributed by atoms with Crippen LogP contribution in [0.4, 0.5) is 5.82 Å². The van der Waals surface area contributed by atoms with Gasteiger partial charge in [-0.3, -0.25) is 9.78 Å². The zero-order valence-electron chi connectivity index (χ0n) is 12.4. The average molecular weight is 297 g/mol. The van der Waals surface area contributed by atoms with Crippen molar-refractivity contribution >= 4 is 11.7 Å². The van der Waals surface area contributed by atoms with E-state index < -0.39 is 0 Å². The first kappa shape index (κ1) is 14.5. The summed E-state index contributed by atoms with van der Waals surface area (Å²) in [4.78, 5) is 25.1. The Hall–Kier alpha value is -2.47. The molecule has 2 N–H and O–H groups in total. The van der Waals surface area contributed by atoms with E-state index in [1.54, 1.807) is 24.5 Å². The number of pyridine rings is 2. The second-order valence-electron chi connectivity index (χ2n) is 5.21. The van der Waals surface area contributed by atoms with Gasteiger partial charge < -0.3 is 15.5 Å². The third-order valence-electron chi connectivity index (χ3n) is 3.81. The molecule has 3 heterocycles. The van der Waals surface area contributed by atoms with Crippen molar-refractivity contribution in [3.63, 3.8) is 0 Å². The van der Waals surface area contributed by atoms with Crippen LogP contribution in [0.5, 0.6) is 0 Å². The summed E-state index contributed by atoms with van der Waals surface area (Å²) in [6.07, 6.45) is 3.43. The summed E-state index contributed by atoms with van der Waals surface area (Å²) in [5, 5.41) is 0. The molecule has 0 saturated carbocycles. The number of nitrogens with two attached hydrogens (primary N) is 1. The molecule has 3 rings (SSSR count). The number of nitrogens with zero attached hydrogens (tertiary/aromatic N) is 4. The summed E-state index contributed by atoms with van der Waals surface area (Å²) in [5.74, 6) is 1.00. The minimum atomic E-state index is 0.0396. The maximum absolute atomic E-state index is 12.5. The summed E-state index contributed by atoms with van der Waals surface area (Å²) in [7, 11) is 0. The smallest absolute Gasteiger partial charge is 0.254 e. The van der Waals surface area contributed by atoms with Crippen LogP contribution >= 0.6 is 0 Å². The van der Waals surface area contributed by atoms with E-state index in [9.17, 15) is 4.79 Å². The molecule has 2 aromatic heterocycles. The van der Waals surface area contributed by atoms with Gasteiger partial charge in [-0.25, -0.2) is 4.98 Å². The fraction of sp³-hybridized carbons (Fsp3) is 0.312. The van der Waals surface area contributed by atoms with Gasteiger partial charge in [0.25, 0.3) is 5.91 Å². The number of carbonyl (C=O) groups is 1. The Bertz CT molecular complexity index is 638.